The number of rotatable bonds is 3. The van der Waals surface area contributed by atoms with Crippen molar-refractivity contribution in [3.8, 4) is 0 Å². The molecule has 1 saturated heterocycles. The van der Waals surface area contributed by atoms with Crippen LogP contribution in [0.2, 0.25) is 0 Å². The van der Waals surface area contributed by atoms with E-state index in [0.717, 1.165) is 12.2 Å². The number of methoxy groups -OCH3 is 1. The summed E-state index contributed by atoms with van der Waals surface area (Å²) in [6.07, 6.45) is 1.41. The van der Waals surface area contributed by atoms with Crippen LogP contribution in [0, 0.1) is 5.92 Å². The summed E-state index contributed by atoms with van der Waals surface area (Å²) in [5, 5.41) is 0. The van der Waals surface area contributed by atoms with E-state index >= 15 is 0 Å². The highest BCUT2D eigenvalue weighted by Crippen LogP contribution is 2.20. The molecule has 18 heavy (non-hydrogen) atoms. The lowest BCUT2D eigenvalue weighted by molar-refractivity contribution is -0.144. The lowest BCUT2D eigenvalue weighted by Crippen LogP contribution is -2.29. The van der Waals surface area contributed by atoms with Crippen molar-refractivity contribution < 1.29 is 18.7 Å². The van der Waals surface area contributed by atoms with Crippen molar-refractivity contribution in [3.63, 3.8) is 0 Å². The molecule has 0 aromatic carbocycles. The fourth-order valence-electron chi connectivity index (χ4n) is 2.14. The van der Waals surface area contributed by atoms with Gasteiger partial charge in [0, 0.05) is 19.5 Å². The molecular weight excluding hydrogens is 234 g/mol. The highest BCUT2D eigenvalue weighted by atomic mass is 16.5. The minimum absolute atomic E-state index is 0.152. The smallest absolute Gasteiger partial charge is 0.310 e. The first kappa shape index (κ1) is 12.7. The summed E-state index contributed by atoms with van der Waals surface area (Å²) in [5.74, 6) is 0.527. The molecule has 1 unspecified atom stereocenters. The third kappa shape index (κ3) is 2.39. The SMILES string of the molecule is CCc1ccc(C(=O)N2CCC(C(=O)OC)C2)o1. The van der Waals surface area contributed by atoms with Gasteiger partial charge in [-0.3, -0.25) is 9.59 Å². The molecule has 0 saturated carbocycles. The van der Waals surface area contributed by atoms with Gasteiger partial charge in [-0.2, -0.15) is 0 Å². The molecule has 1 aromatic rings. The largest absolute Gasteiger partial charge is 0.469 e. The van der Waals surface area contributed by atoms with Crippen molar-refractivity contribution in [2.45, 2.75) is 19.8 Å². The van der Waals surface area contributed by atoms with Crippen LogP contribution in [-0.2, 0) is 16.0 Å². The molecule has 1 aliphatic heterocycles. The normalized spacial score (nSPS) is 19.0. The number of hydrogen-bond acceptors (Lipinski definition) is 4. The van der Waals surface area contributed by atoms with Crippen LogP contribution in [0.5, 0.6) is 0 Å². The molecule has 0 N–H and O–H groups in total. The zero-order valence-electron chi connectivity index (χ0n) is 10.6. The lowest BCUT2D eigenvalue weighted by Gasteiger charge is -2.14. The van der Waals surface area contributed by atoms with Gasteiger partial charge in [-0.1, -0.05) is 6.92 Å². The molecular formula is C13H17NO4. The maximum absolute atomic E-state index is 12.1. The fraction of sp³-hybridized carbons (Fsp3) is 0.538. The Morgan fingerprint density at radius 2 is 2.28 bits per heavy atom. The molecule has 0 radical (unpaired) electrons. The van der Waals surface area contributed by atoms with Crippen molar-refractivity contribution >= 4 is 11.9 Å². The van der Waals surface area contributed by atoms with E-state index in [1.54, 1.807) is 17.0 Å². The average Bonchev–Trinajstić information content (AvgIpc) is 3.05. The number of hydrogen-bond donors (Lipinski definition) is 0. The summed E-state index contributed by atoms with van der Waals surface area (Å²) in [4.78, 5) is 25.1. The van der Waals surface area contributed by atoms with E-state index in [4.69, 9.17) is 4.42 Å². The first-order valence-corrected chi connectivity index (χ1v) is 6.11. The molecule has 2 heterocycles. The van der Waals surface area contributed by atoms with Crippen molar-refractivity contribution in [1.82, 2.24) is 4.90 Å². The average molecular weight is 251 g/mol. The van der Waals surface area contributed by atoms with E-state index in [1.165, 1.54) is 7.11 Å². The van der Waals surface area contributed by atoms with Crippen LogP contribution in [0.3, 0.4) is 0 Å². The molecule has 0 bridgehead atoms. The molecule has 1 aliphatic rings. The summed E-state index contributed by atoms with van der Waals surface area (Å²) in [6, 6.07) is 3.49. The van der Waals surface area contributed by atoms with Gasteiger partial charge in [0.05, 0.1) is 13.0 Å². The van der Waals surface area contributed by atoms with Crippen LogP contribution >= 0.6 is 0 Å². The number of nitrogens with zero attached hydrogens (tertiary/aromatic N) is 1. The third-order valence-corrected chi connectivity index (χ3v) is 3.23. The van der Waals surface area contributed by atoms with Gasteiger partial charge in [-0.25, -0.2) is 0 Å². The standard InChI is InChI=1S/C13H17NO4/c1-3-10-4-5-11(18-10)12(15)14-7-6-9(8-14)13(16)17-2/h4-5,9H,3,6-8H2,1-2H3. The molecule has 0 spiro atoms. The number of amides is 1. The molecule has 2 rings (SSSR count). The Bertz CT molecular complexity index is 452. The number of ether oxygens (including phenoxy) is 1. The Balaban J connectivity index is 2.01. The van der Waals surface area contributed by atoms with Gasteiger partial charge < -0.3 is 14.1 Å². The Morgan fingerprint density at radius 1 is 1.50 bits per heavy atom. The zero-order chi connectivity index (χ0) is 13.1. The van der Waals surface area contributed by atoms with E-state index in [-0.39, 0.29) is 17.8 Å². The first-order valence-electron chi connectivity index (χ1n) is 6.11. The first-order chi connectivity index (χ1) is 8.65. The molecule has 5 heteroatoms. The van der Waals surface area contributed by atoms with E-state index in [0.29, 0.717) is 25.3 Å². The van der Waals surface area contributed by atoms with Gasteiger partial charge in [0.15, 0.2) is 5.76 Å². The van der Waals surface area contributed by atoms with Gasteiger partial charge in [0.2, 0.25) is 0 Å². The third-order valence-electron chi connectivity index (χ3n) is 3.23. The summed E-state index contributed by atoms with van der Waals surface area (Å²) < 4.78 is 10.1. The zero-order valence-corrected chi connectivity index (χ0v) is 10.6. The Morgan fingerprint density at radius 3 is 2.89 bits per heavy atom. The summed E-state index contributed by atoms with van der Waals surface area (Å²) in [7, 11) is 1.37. The number of esters is 1. The van der Waals surface area contributed by atoms with E-state index in [2.05, 4.69) is 4.74 Å². The van der Waals surface area contributed by atoms with Crippen LogP contribution in [-0.4, -0.2) is 37.0 Å². The van der Waals surface area contributed by atoms with Gasteiger partial charge in [0.25, 0.3) is 5.91 Å². The second-order valence-electron chi connectivity index (χ2n) is 4.38. The summed E-state index contributed by atoms with van der Waals surface area (Å²) in [6.45, 7) is 2.95. The van der Waals surface area contributed by atoms with Crippen LogP contribution in [0.15, 0.2) is 16.5 Å². The summed E-state index contributed by atoms with van der Waals surface area (Å²) >= 11 is 0. The summed E-state index contributed by atoms with van der Waals surface area (Å²) in [5.41, 5.74) is 0. The molecule has 1 atom stereocenters. The highest BCUT2D eigenvalue weighted by Gasteiger charge is 2.33. The van der Waals surface area contributed by atoms with Crippen molar-refractivity contribution in [1.29, 1.82) is 0 Å². The van der Waals surface area contributed by atoms with E-state index in [9.17, 15) is 9.59 Å². The Hall–Kier alpha value is -1.78. The maximum atomic E-state index is 12.1. The van der Waals surface area contributed by atoms with Crippen LogP contribution in [0.25, 0.3) is 0 Å². The topological polar surface area (TPSA) is 59.8 Å². The number of carbonyl (C=O) groups is 2. The number of likely N-dealkylation sites (tertiary alicyclic amines) is 1. The highest BCUT2D eigenvalue weighted by molar-refractivity contribution is 5.92. The molecule has 0 aliphatic carbocycles. The Kier molecular flexibility index (Phi) is 3.69. The number of aryl methyl sites for hydroxylation is 1. The number of furan rings is 1. The predicted molar refractivity (Wildman–Crippen MR) is 64.1 cm³/mol. The van der Waals surface area contributed by atoms with Gasteiger partial charge >= 0.3 is 5.97 Å². The van der Waals surface area contributed by atoms with E-state index < -0.39 is 0 Å². The van der Waals surface area contributed by atoms with Gasteiger partial charge in [-0.05, 0) is 18.6 Å². The second kappa shape index (κ2) is 5.25. The maximum Gasteiger partial charge on any atom is 0.310 e. The van der Waals surface area contributed by atoms with E-state index in [1.807, 2.05) is 6.92 Å². The number of carbonyl (C=O) groups excluding carboxylic acids is 2. The monoisotopic (exact) mass is 251 g/mol. The van der Waals surface area contributed by atoms with Crippen molar-refractivity contribution in [2.75, 3.05) is 20.2 Å². The van der Waals surface area contributed by atoms with Crippen LogP contribution < -0.4 is 0 Å². The lowest BCUT2D eigenvalue weighted by atomic mass is 10.1. The van der Waals surface area contributed by atoms with Gasteiger partial charge in [-0.15, -0.1) is 0 Å². The fourth-order valence-corrected chi connectivity index (χ4v) is 2.14. The van der Waals surface area contributed by atoms with Crippen molar-refractivity contribution in [3.05, 3.63) is 23.7 Å². The minimum Gasteiger partial charge on any atom is -0.469 e. The minimum atomic E-state index is -0.251. The predicted octanol–water partition coefficient (Wildman–Crippen LogP) is 1.48. The van der Waals surface area contributed by atoms with Gasteiger partial charge in [0.1, 0.15) is 5.76 Å². The Labute approximate surface area is 106 Å². The molecule has 1 aromatic heterocycles. The molecule has 1 amide bonds. The molecule has 1 fully saturated rings. The molecule has 98 valence electrons. The quantitative estimate of drug-likeness (QED) is 0.763. The van der Waals surface area contributed by atoms with Crippen molar-refractivity contribution in [2.24, 2.45) is 5.92 Å². The van der Waals surface area contributed by atoms with Crippen LogP contribution in [0.4, 0.5) is 0 Å². The second-order valence-corrected chi connectivity index (χ2v) is 4.38. The van der Waals surface area contributed by atoms with Crippen LogP contribution in [0.1, 0.15) is 29.7 Å². The molecule has 5 nitrogen and oxygen atoms in total.